The predicted molar refractivity (Wildman–Crippen MR) is 70.4 cm³/mol. The highest BCUT2D eigenvalue weighted by Crippen LogP contribution is 2.25. The Labute approximate surface area is 103 Å². The van der Waals surface area contributed by atoms with Crippen LogP contribution in [0.5, 0.6) is 0 Å². The number of carbonyl (C=O) groups is 1. The lowest BCUT2D eigenvalue weighted by Crippen LogP contribution is -2.41. The third kappa shape index (κ3) is 2.79. The van der Waals surface area contributed by atoms with Crippen LogP contribution in [-0.2, 0) is 10.2 Å². The molecule has 0 aliphatic carbocycles. The molecule has 0 fully saturated rings. The van der Waals surface area contributed by atoms with Gasteiger partial charge in [-0.1, -0.05) is 18.1 Å². The minimum absolute atomic E-state index is 0.000205. The Morgan fingerprint density at radius 2 is 1.94 bits per heavy atom. The van der Waals surface area contributed by atoms with Crippen LogP contribution in [0.25, 0.3) is 0 Å². The number of rotatable bonds is 3. The van der Waals surface area contributed by atoms with Gasteiger partial charge in [0.1, 0.15) is 0 Å². The molecule has 1 aromatic carbocycles. The second-order valence-electron chi connectivity index (χ2n) is 4.61. The van der Waals surface area contributed by atoms with E-state index < -0.39 is 5.41 Å². The van der Waals surface area contributed by atoms with Crippen molar-refractivity contribution in [2.45, 2.75) is 19.3 Å². The van der Waals surface area contributed by atoms with Crippen LogP contribution < -0.4 is 5.73 Å². The highest BCUT2D eigenvalue weighted by molar-refractivity contribution is 5.87. The molecule has 0 bridgehead atoms. The van der Waals surface area contributed by atoms with Gasteiger partial charge in [-0.05, 0) is 31.5 Å². The normalized spacial score (nSPS) is 10.7. The van der Waals surface area contributed by atoms with Gasteiger partial charge in [-0.15, -0.1) is 6.42 Å². The molecule has 0 unspecified atom stereocenters. The molecule has 0 heterocycles. The predicted octanol–water partition coefficient (Wildman–Crippen LogP) is 1.64. The fourth-order valence-electron chi connectivity index (χ4n) is 1.71. The second-order valence-corrected chi connectivity index (χ2v) is 4.61. The molecule has 0 aliphatic heterocycles. The van der Waals surface area contributed by atoms with Crippen LogP contribution in [0.3, 0.4) is 0 Å². The summed E-state index contributed by atoms with van der Waals surface area (Å²) in [5.41, 5.74) is 6.65. The molecule has 1 rings (SSSR count). The minimum atomic E-state index is -0.598. The molecule has 90 valence electrons. The van der Waals surface area contributed by atoms with Crippen LogP contribution in [0.4, 0.5) is 5.69 Å². The number of nitrogens with two attached hydrogens (primary N) is 1. The lowest BCUT2D eigenvalue weighted by atomic mass is 9.83. The SMILES string of the molecule is C#CCN(C)C(=O)C(C)(C)c1ccc(N)cc1. The van der Waals surface area contributed by atoms with Crippen molar-refractivity contribution in [3.63, 3.8) is 0 Å². The Hall–Kier alpha value is -1.95. The monoisotopic (exact) mass is 230 g/mol. The average molecular weight is 230 g/mol. The first kappa shape index (κ1) is 13.1. The van der Waals surface area contributed by atoms with Gasteiger partial charge in [0.05, 0.1) is 12.0 Å². The molecule has 2 N–H and O–H groups in total. The minimum Gasteiger partial charge on any atom is -0.399 e. The van der Waals surface area contributed by atoms with E-state index in [0.29, 0.717) is 12.2 Å². The summed E-state index contributed by atoms with van der Waals surface area (Å²) in [6.07, 6.45) is 5.21. The third-order valence-electron chi connectivity index (χ3n) is 2.84. The zero-order valence-corrected chi connectivity index (χ0v) is 10.5. The van der Waals surface area contributed by atoms with Crippen molar-refractivity contribution < 1.29 is 4.79 Å². The van der Waals surface area contributed by atoms with Gasteiger partial charge in [0.25, 0.3) is 0 Å². The van der Waals surface area contributed by atoms with Gasteiger partial charge in [-0.2, -0.15) is 0 Å². The molecule has 0 saturated carbocycles. The Morgan fingerprint density at radius 1 is 1.41 bits per heavy atom. The first-order chi connectivity index (χ1) is 7.89. The van der Waals surface area contributed by atoms with Crippen molar-refractivity contribution >= 4 is 11.6 Å². The summed E-state index contributed by atoms with van der Waals surface area (Å²) in [7, 11) is 1.71. The zero-order chi connectivity index (χ0) is 13.1. The highest BCUT2D eigenvalue weighted by Gasteiger charge is 2.31. The summed E-state index contributed by atoms with van der Waals surface area (Å²) >= 11 is 0. The van der Waals surface area contributed by atoms with E-state index >= 15 is 0 Å². The van der Waals surface area contributed by atoms with E-state index in [2.05, 4.69) is 5.92 Å². The van der Waals surface area contributed by atoms with E-state index in [1.807, 2.05) is 26.0 Å². The third-order valence-corrected chi connectivity index (χ3v) is 2.84. The van der Waals surface area contributed by atoms with Gasteiger partial charge in [0.2, 0.25) is 5.91 Å². The van der Waals surface area contributed by atoms with Crippen molar-refractivity contribution in [1.29, 1.82) is 0 Å². The maximum atomic E-state index is 12.2. The van der Waals surface area contributed by atoms with E-state index in [0.717, 1.165) is 5.56 Å². The number of nitrogens with zero attached hydrogens (tertiary/aromatic N) is 1. The molecule has 3 heteroatoms. The Morgan fingerprint density at radius 3 is 2.41 bits per heavy atom. The molecule has 0 atom stereocenters. The van der Waals surface area contributed by atoms with Gasteiger partial charge in [-0.3, -0.25) is 4.79 Å². The summed E-state index contributed by atoms with van der Waals surface area (Å²) in [5.74, 6) is 2.47. The molecule has 0 radical (unpaired) electrons. The van der Waals surface area contributed by atoms with Crippen molar-refractivity contribution in [2.24, 2.45) is 0 Å². The van der Waals surface area contributed by atoms with E-state index in [9.17, 15) is 4.79 Å². The fourth-order valence-corrected chi connectivity index (χ4v) is 1.71. The number of likely N-dealkylation sites (N-methyl/N-ethyl adjacent to an activating group) is 1. The standard InChI is InChI=1S/C14H18N2O/c1-5-10-16(4)13(17)14(2,3)11-6-8-12(15)9-7-11/h1,6-9H,10,15H2,2-4H3. The fraction of sp³-hybridized carbons (Fsp3) is 0.357. The molecule has 0 spiro atoms. The number of benzene rings is 1. The molecular formula is C14H18N2O. The lowest BCUT2D eigenvalue weighted by molar-refractivity contribution is -0.134. The molecule has 0 aromatic heterocycles. The molecule has 1 aromatic rings. The largest absolute Gasteiger partial charge is 0.399 e. The smallest absolute Gasteiger partial charge is 0.233 e. The Balaban J connectivity index is 2.98. The van der Waals surface area contributed by atoms with Crippen LogP contribution in [0.2, 0.25) is 0 Å². The Bertz CT molecular complexity index is 440. The quantitative estimate of drug-likeness (QED) is 0.634. The number of anilines is 1. The lowest BCUT2D eigenvalue weighted by Gasteiger charge is -2.28. The van der Waals surface area contributed by atoms with Gasteiger partial charge < -0.3 is 10.6 Å². The van der Waals surface area contributed by atoms with E-state index in [-0.39, 0.29) is 5.91 Å². The van der Waals surface area contributed by atoms with Crippen molar-refractivity contribution in [1.82, 2.24) is 4.90 Å². The number of carbonyl (C=O) groups excluding carboxylic acids is 1. The topological polar surface area (TPSA) is 46.3 Å². The van der Waals surface area contributed by atoms with Crippen LogP contribution in [0.15, 0.2) is 24.3 Å². The van der Waals surface area contributed by atoms with Gasteiger partial charge >= 0.3 is 0 Å². The van der Waals surface area contributed by atoms with E-state index in [4.69, 9.17) is 12.2 Å². The summed E-state index contributed by atoms with van der Waals surface area (Å²) in [4.78, 5) is 13.8. The van der Waals surface area contributed by atoms with Gasteiger partial charge in [-0.25, -0.2) is 0 Å². The second kappa shape index (κ2) is 4.92. The summed E-state index contributed by atoms with van der Waals surface area (Å²) in [5, 5.41) is 0. The molecule has 3 nitrogen and oxygen atoms in total. The Kier molecular flexibility index (Phi) is 3.80. The zero-order valence-electron chi connectivity index (χ0n) is 10.5. The van der Waals surface area contributed by atoms with Crippen LogP contribution in [0, 0.1) is 12.3 Å². The van der Waals surface area contributed by atoms with Crippen molar-refractivity contribution in [3.8, 4) is 12.3 Å². The molecule has 1 amide bonds. The highest BCUT2D eigenvalue weighted by atomic mass is 16.2. The molecular weight excluding hydrogens is 212 g/mol. The first-order valence-corrected chi connectivity index (χ1v) is 5.44. The number of nitrogen functional groups attached to an aromatic ring is 1. The summed E-state index contributed by atoms with van der Waals surface area (Å²) in [6, 6.07) is 7.34. The number of hydrogen-bond acceptors (Lipinski definition) is 2. The molecule has 17 heavy (non-hydrogen) atoms. The van der Waals surface area contributed by atoms with Crippen LogP contribution in [0.1, 0.15) is 19.4 Å². The number of terminal acetylenes is 1. The average Bonchev–Trinajstić information content (AvgIpc) is 2.29. The molecule has 0 saturated heterocycles. The van der Waals surface area contributed by atoms with Crippen molar-refractivity contribution in [3.05, 3.63) is 29.8 Å². The molecule has 0 aliphatic rings. The van der Waals surface area contributed by atoms with Gasteiger partial charge in [0, 0.05) is 12.7 Å². The van der Waals surface area contributed by atoms with Crippen LogP contribution in [-0.4, -0.2) is 24.4 Å². The van der Waals surface area contributed by atoms with Crippen LogP contribution >= 0.6 is 0 Å². The maximum absolute atomic E-state index is 12.2. The van der Waals surface area contributed by atoms with Crippen molar-refractivity contribution in [2.75, 3.05) is 19.3 Å². The number of hydrogen-bond donors (Lipinski definition) is 1. The summed E-state index contributed by atoms with van der Waals surface area (Å²) in [6.45, 7) is 4.08. The number of amides is 1. The summed E-state index contributed by atoms with van der Waals surface area (Å²) < 4.78 is 0. The van der Waals surface area contributed by atoms with Gasteiger partial charge in [0.15, 0.2) is 0 Å². The van der Waals surface area contributed by atoms with E-state index in [1.54, 1.807) is 24.1 Å². The van der Waals surface area contributed by atoms with E-state index in [1.165, 1.54) is 0 Å². The maximum Gasteiger partial charge on any atom is 0.233 e. The first-order valence-electron chi connectivity index (χ1n) is 5.44.